The van der Waals surface area contributed by atoms with Gasteiger partial charge in [0.05, 0.1) is 5.56 Å². The molecule has 4 nitrogen and oxygen atoms in total. The minimum Gasteiger partial charge on any atom is -0.339 e. The number of rotatable bonds is 3. The number of benzene rings is 1. The van der Waals surface area contributed by atoms with Crippen LogP contribution in [0.15, 0.2) is 34.9 Å². The Bertz CT molecular complexity index is 759. The minimum absolute atomic E-state index is 0.0912. The Kier molecular flexibility index (Phi) is 3.52. The van der Waals surface area contributed by atoms with Crippen LogP contribution >= 0.6 is 15.9 Å². The van der Waals surface area contributed by atoms with Crippen molar-refractivity contribution in [2.24, 2.45) is 0 Å². The van der Waals surface area contributed by atoms with Gasteiger partial charge in [-0.15, -0.1) is 0 Å². The molecule has 1 aliphatic rings. The Labute approximate surface area is 129 Å². The van der Waals surface area contributed by atoms with Crippen LogP contribution in [0.25, 0.3) is 0 Å². The van der Waals surface area contributed by atoms with Crippen LogP contribution in [0, 0.1) is 17.1 Å². The largest absolute Gasteiger partial charge is 0.339 e. The van der Waals surface area contributed by atoms with Crippen molar-refractivity contribution in [3.05, 3.63) is 52.0 Å². The molecule has 3 rings (SSSR count). The lowest BCUT2D eigenvalue weighted by atomic mass is 10.2. The number of carbonyl (C=O) groups is 1. The monoisotopic (exact) mass is 347 g/mol. The molecule has 0 spiro atoms. The van der Waals surface area contributed by atoms with Gasteiger partial charge in [0.1, 0.15) is 17.6 Å². The molecule has 0 aliphatic heterocycles. The van der Waals surface area contributed by atoms with Gasteiger partial charge in [0.15, 0.2) is 0 Å². The van der Waals surface area contributed by atoms with Gasteiger partial charge in [-0.2, -0.15) is 5.26 Å². The van der Waals surface area contributed by atoms with Crippen LogP contribution in [0.3, 0.4) is 0 Å². The molecule has 1 fully saturated rings. The first-order valence-electron chi connectivity index (χ1n) is 6.47. The number of hydrogen-bond acceptors (Lipinski definition) is 2. The van der Waals surface area contributed by atoms with Crippen molar-refractivity contribution in [1.82, 2.24) is 4.57 Å². The maximum absolute atomic E-state index is 13.3. The van der Waals surface area contributed by atoms with Gasteiger partial charge in [-0.05, 0) is 53.0 Å². The van der Waals surface area contributed by atoms with Gasteiger partial charge in [-0.1, -0.05) is 0 Å². The smallest absolute Gasteiger partial charge is 0.272 e. The van der Waals surface area contributed by atoms with E-state index >= 15 is 0 Å². The fourth-order valence-corrected chi connectivity index (χ4v) is 2.60. The minimum atomic E-state index is -0.598. The molecule has 0 atom stereocenters. The van der Waals surface area contributed by atoms with E-state index in [0.29, 0.717) is 17.4 Å². The van der Waals surface area contributed by atoms with E-state index in [2.05, 4.69) is 21.2 Å². The highest BCUT2D eigenvalue weighted by Crippen LogP contribution is 2.37. The van der Waals surface area contributed by atoms with E-state index in [1.54, 1.807) is 12.1 Å². The molecule has 1 heterocycles. The third-order valence-electron chi connectivity index (χ3n) is 3.33. The van der Waals surface area contributed by atoms with Crippen LogP contribution in [0.5, 0.6) is 0 Å². The summed E-state index contributed by atoms with van der Waals surface area (Å²) in [6, 6.07) is 7.82. The summed E-state index contributed by atoms with van der Waals surface area (Å²) in [7, 11) is 0. The van der Waals surface area contributed by atoms with E-state index in [1.807, 2.05) is 10.8 Å². The number of amides is 1. The predicted octanol–water partition coefficient (Wildman–Crippen LogP) is 3.85. The van der Waals surface area contributed by atoms with Crippen molar-refractivity contribution in [3.8, 4) is 6.07 Å². The van der Waals surface area contributed by atoms with Gasteiger partial charge < -0.3 is 9.88 Å². The second-order valence-electron chi connectivity index (χ2n) is 4.94. The average Bonchev–Trinajstić information content (AvgIpc) is 3.23. The Morgan fingerprint density at radius 2 is 2.19 bits per heavy atom. The molecule has 106 valence electrons. The molecule has 0 unspecified atom stereocenters. The Morgan fingerprint density at radius 1 is 1.43 bits per heavy atom. The SMILES string of the molecule is N#Cc1cc(NC(=O)c2cc(Br)cn2C2CC2)ccc1F. The van der Waals surface area contributed by atoms with Crippen molar-refractivity contribution >= 4 is 27.5 Å². The van der Waals surface area contributed by atoms with Gasteiger partial charge in [0.25, 0.3) is 5.91 Å². The zero-order valence-electron chi connectivity index (χ0n) is 10.9. The zero-order valence-corrected chi connectivity index (χ0v) is 12.5. The molecule has 0 saturated heterocycles. The average molecular weight is 348 g/mol. The van der Waals surface area contributed by atoms with Gasteiger partial charge >= 0.3 is 0 Å². The molecule has 6 heteroatoms. The summed E-state index contributed by atoms with van der Waals surface area (Å²) < 4.78 is 16.0. The first kappa shape index (κ1) is 13.8. The summed E-state index contributed by atoms with van der Waals surface area (Å²) >= 11 is 3.37. The van der Waals surface area contributed by atoms with Crippen molar-refractivity contribution in [3.63, 3.8) is 0 Å². The molecule has 1 aromatic heterocycles. The highest BCUT2D eigenvalue weighted by Gasteiger charge is 2.27. The molecule has 1 aliphatic carbocycles. The van der Waals surface area contributed by atoms with E-state index in [9.17, 15) is 9.18 Å². The normalized spacial score (nSPS) is 13.8. The molecule has 21 heavy (non-hydrogen) atoms. The van der Waals surface area contributed by atoms with Gasteiger partial charge in [-0.3, -0.25) is 4.79 Å². The van der Waals surface area contributed by atoms with E-state index in [1.165, 1.54) is 18.2 Å². The first-order valence-corrected chi connectivity index (χ1v) is 7.26. The topological polar surface area (TPSA) is 57.8 Å². The lowest BCUT2D eigenvalue weighted by Crippen LogP contribution is -2.16. The van der Waals surface area contributed by atoms with Gasteiger partial charge in [0.2, 0.25) is 0 Å². The Hall–Kier alpha value is -2.13. The number of nitriles is 1. The van der Waals surface area contributed by atoms with Gasteiger partial charge in [0, 0.05) is 22.4 Å². The summed E-state index contributed by atoms with van der Waals surface area (Å²) in [6.45, 7) is 0. The van der Waals surface area contributed by atoms with E-state index in [0.717, 1.165) is 17.3 Å². The molecule has 0 radical (unpaired) electrons. The van der Waals surface area contributed by atoms with Crippen LogP contribution in [-0.2, 0) is 0 Å². The summed E-state index contributed by atoms with van der Waals surface area (Å²) in [5, 5.41) is 11.5. The quantitative estimate of drug-likeness (QED) is 0.916. The predicted molar refractivity (Wildman–Crippen MR) is 79.5 cm³/mol. The summed E-state index contributed by atoms with van der Waals surface area (Å²) in [4.78, 5) is 12.3. The van der Waals surface area contributed by atoms with Crippen molar-refractivity contribution in [2.45, 2.75) is 18.9 Å². The fourth-order valence-electron chi connectivity index (χ4n) is 2.17. The van der Waals surface area contributed by atoms with Crippen LogP contribution < -0.4 is 5.32 Å². The Morgan fingerprint density at radius 3 is 2.86 bits per heavy atom. The second kappa shape index (κ2) is 5.34. The van der Waals surface area contributed by atoms with Crippen LogP contribution in [0.4, 0.5) is 10.1 Å². The molecule has 1 saturated carbocycles. The standard InChI is InChI=1S/C15H11BrFN3O/c16-10-6-14(20(8-10)12-2-3-12)15(21)19-11-1-4-13(17)9(5-11)7-18/h1,4-6,8,12H,2-3H2,(H,19,21). The molecule has 2 aromatic rings. The van der Waals surface area contributed by atoms with E-state index in [-0.39, 0.29) is 11.5 Å². The third kappa shape index (κ3) is 2.83. The number of nitrogens with one attached hydrogen (secondary N) is 1. The summed E-state index contributed by atoms with van der Waals surface area (Å²) in [5.74, 6) is -0.873. The molecule has 1 amide bonds. The van der Waals surface area contributed by atoms with Crippen LogP contribution in [-0.4, -0.2) is 10.5 Å². The van der Waals surface area contributed by atoms with Crippen molar-refractivity contribution < 1.29 is 9.18 Å². The maximum atomic E-state index is 13.3. The number of hydrogen-bond donors (Lipinski definition) is 1. The van der Waals surface area contributed by atoms with Crippen LogP contribution in [0.2, 0.25) is 0 Å². The van der Waals surface area contributed by atoms with E-state index in [4.69, 9.17) is 5.26 Å². The molecule has 1 N–H and O–H groups in total. The summed E-state index contributed by atoms with van der Waals surface area (Å²) in [6.07, 6.45) is 4.02. The van der Waals surface area contributed by atoms with E-state index < -0.39 is 5.82 Å². The molecule has 1 aromatic carbocycles. The summed E-state index contributed by atoms with van der Waals surface area (Å²) in [5.41, 5.74) is 0.858. The zero-order chi connectivity index (χ0) is 15.0. The second-order valence-corrected chi connectivity index (χ2v) is 5.86. The van der Waals surface area contributed by atoms with Crippen LogP contribution in [0.1, 0.15) is 34.9 Å². The number of carbonyl (C=O) groups excluding carboxylic acids is 1. The van der Waals surface area contributed by atoms with Gasteiger partial charge in [-0.25, -0.2) is 4.39 Å². The first-order chi connectivity index (χ1) is 10.1. The molecular weight excluding hydrogens is 337 g/mol. The van der Waals surface area contributed by atoms with Crippen molar-refractivity contribution in [1.29, 1.82) is 5.26 Å². The third-order valence-corrected chi connectivity index (χ3v) is 3.77. The lowest BCUT2D eigenvalue weighted by molar-refractivity contribution is 0.101. The number of anilines is 1. The highest BCUT2D eigenvalue weighted by atomic mass is 79.9. The Balaban J connectivity index is 1.85. The number of aromatic nitrogens is 1. The molecular formula is C15H11BrFN3O. The lowest BCUT2D eigenvalue weighted by Gasteiger charge is -2.09. The highest BCUT2D eigenvalue weighted by molar-refractivity contribution is 9.10. The number of nitrogens with zero attached hydrogens (tertiary/aromatic N) is 2. The fraction of sp³-hybridized carbons (Fsp3) is 0.200. The number of halogens is 2. The maximum Gasteiger partial charge on any atom is 0.272 e. The van der Waals surface area contributed by atoms with Crippen molar-refractivity contribution in [2.75, 3.05) is 5.32 Å². The molecule has 0 bridgehead atoms.